The first kappa shape index (κ1) is 13.7. The Labute approximate surface area is 126 Å². The third-order valence-electron chi connectivity index (χ3n) is 3.50. The normalized spacial score (nSPS) is 11.8. The fraction of sp³-hybridized carbons (Fsp3) is 0.0667. The Morgan fingerprint density at radius 2 is 1.82 bits per heavy atom. The van der Waals surface area contributed by atoms with Gasteiger partial charge in [0.25, 0.3) is 0 Å². The Morgan fingerprint density at radius 1 is 1.14 bits per heavy atom. The predicted molar refractivity (Wildman–Crippen MR) is 89.1 cm³/mol. The first-order valence-corrected chi connectivity index (χ1v) is 6.65. The molecule has 110 valence electrons. The summed E-state index contributed by atoms with van der Waals surface area (Å²) in [4.78, 5) is 4.64. The van der Waals surface area contributed by atoms with E-state index in [0.717, 1.165) is 27.5 Å². The Bertz CT molecular complexity index is 915. The molecule has 2 aromatic carbocycles. The van der Waals surface area contributed by atoms with Crippen LogP contribution in [0.5, 0.6) is 0 Å². The zero-order valence-corrected chi connectivity index (χ0v) is 12.0. The summed E-state index contributed by atoms with van der Waals surface area (Å²) in [6.07, 6.45) is 0. The van der Waals surface area contributed by atoms with Crippen molar-refractivity contribution in [1.29, 1.82) is 5.53 Å². The molecule has 0 radical (unpaired) electrons. The van der Waals surface area contributed by atoms with Crippen LogP contribution in [0.15, 0.2) is 46.7 Å². The van der Waals surface area contributed by atoms with Crippen molar-refractivity contribution in [1.82, 2.24) is 4.98 Å². The van der Waals surface area contributed by atoms with Gasteiger partial charge in [-0.25, -0.2) is 4.98 Å². The van der Waals surface area contributed by atoms with Crippen LogP contribution in [-0.4, -0.2) is 17.9 Å². The number of aromatic nitrogens is 1. The van der Waals surface area contributed by atoms with Gasteiger partial charge in [0.1, 0.15) is 0 Å². The maximum atomic E-state index is 6.91. The van der Waals surface area contributed by atoms with Gasteiger partial charge < -0.3 is 16.8 Å². The summed E-state index contributed by atoms with van der Waals surface area (Å²) in [5.41, 5.74) is 22.5. The van der Waals surface area contributed by atoms with Crippen molar-refractivity contribution in [2.75, 3.05) is 18.1 Å². The van der Waals surface area contributed by atoms with Crippen molar-refractivity contribution in [2.45, 2.75) is 0 Å². The zero-order valence-electron chi connectivity index (χ0n) is 12.0. The van der Waals surface area contributed by atoms with E-state index in [4.69, 9.17) is 17.0 Å². The van der Waals surface area contributed by atoms with Crippen LogP contribution in [0.2, 0.25) is 0 Å². The van der Waals surface area contributed by atoms with Crippen molar-refractivity contribution in [3.05, 3.63) is 42.0 Å². The molecule has 1 aromatic heterocycles. The SMILES string of the molecule is CNc1ccc2c(C(N)=NN=N)c3ccc(N)cc3nc2c1. The Morgan fingerprint density at radius 3 is 2.50 bits per heavy atom. The van der Waals surface area contributed by atoms with Gasteiger partial charge >= 0.3 is 0 Å². The van der Waals surface area contributed by atoms with E-state index in [9.17, 15) is 0 Å². The third-order valence-corrected chi connectivity index (χ3v) is 3.50. The molecule has 0 aliphatic carbocycles. The Kier molecular flexibility index (Phi) is 3.30. The van der Waals surface area contributed by atoms with E-state index in [-0.39, 0.29) is 5.84 Å². The van der Waals surface area contributed by atoms with Gasteiger partial charge in [-0.1, -0.05) is 11.3 Å². The first-order chi connectivity index (χ1) is 10.6. The molecule has 0 bridgehead atoms. The van der Waals surface area contributed by atoms with Crippen LogP contribution in [0.25, 0.3) is 21.8 Å². The molecule has 7 heteroatoms. The molecule has 1 heterocycles. The monoisotopic (exact) mass is 293 g/mol. The highest BCUT2D eigenvalue weighted by Crippen LogP contribution is 2.29. The fourth-order valence-electron chi connectivity index (χ4n) is 2.50. The largest absolute Gasteiger partial charge is 0.399 e. The maximum absolute atomic E-state index is 6.91. The molecular weight excluding hydrogens is 278 g/mol. The number of fused-ring (bicyclic) bond motifs is 2. The minimum Gasteiger partial charge on any atom is -0.399 e. The second kappa shape index (κ2) is 5.28. The topological polar surface area (TPSA) is 126 Å². The summed E-state index contributed by atoms with van der Waals surface area (Å²) in [5, 5.41) is 11.5. The van der Waals surface area contributed by atoms with E-state index in [1.54, 1.807) is 12.1 Å². The Hall–Kier alpha value is -3.22. The molecule has 0 fully saturated rings. The molecule has 0 atom stereocenters. The summed E-state index contributed by atoms with van der Waals surface area (Å²) in [7, 11) is 1.84. The lowest BCUT2D eigenvalue weighted by molar-refractivity contribution is 0.987. The number of nitrogen functional groups attached to an aromatic ring is 1. The summed E-state index contributed by atoms with van der Waals surface area (Å²) < 4.78 is 0. The quantitative estimate of drug-likeness (QED) is 0.148. The Balaban J connectivity index is 2.48. The van der Waals surface area contributed by atoms with E-state index < -0.39 is 0 Å². The standard InChI is InChI=1S/C15H15N7/c1-19-9-3-5-11-13(7-9)20-12-6-8(16)2-4-10(12)14(11)15(17)21-22-18/h2-7,19H,16H2,1H3,(H3,17,18,21). The van der Waals surface area contributed by atoms with Crippen molar-refractivity contribution < 1.29 is 0 Å². The van der Waals surface area contributed by atoms with Crippen molar-refractivity contribution >= 4 is 39.0 Å². The molecule has 6 N–H and O–H groups in total. The van der Waals surface area contributed by atoms with Gasteiger partial charge in [-0.2, -0.15) is 5.53 Å². The highest BCUT2D eigenvalue weighted by Gasteiger charge is 2.13. The molecule has 22 heavy (non-hydrogen) atoms. The minimum absolute atomic E-state index is 0.175. The number of nitrogens with zero attached hydrogens (tertiary/aromatic N) is 3. The molecule has 0 aliphatic heterocycles. The molecule has 0 aliphatic rings. The van der Waals surface area contributed by atoms with Gasteiger partial charge in [0, 0.05) is 34.8 Å². The number of pyridine rings is 1. The van der Waals surface area contributed by atoms with Crippen LogP contribution < -0.4 is 16.8 Å². The third kappa shape index (κ3) is 2.18. The number of amidine groups is 1. The number of hydrogen-bond donors (Lipinski definition) is 4. The minimum atomic E-state index is 0.175. The molecule has 0 spiro atoms. The number of benzene rings is 2. The number of anilines is 2. The summed E-state index contributed by atoms with van der Waals surface area (Å²) >= 11 is 0. The van der Waals surface area contributed by atoms with Gasteiger partial charge in [-0.3, -0.25) is 0 Å². The number of nitrogens with one attached hydrogen (secondary N) is 2. The summed E-state index contributed by atoms with van der Waals surface area (Å²) in [5.74, 6) is 0.175. The van der Waals surface area contributed by atoms with Crippen LogP contribution in [0, 0.1) is 5.53 Å². The van der Waals surface area contributed by atoms with Crippen molar-refractivity contribution in [3.63, 3.8) is 0 Å². The van der Waals surface area contributed by atoms with Crippen LogP contribution in [0.4, 0.5) is 11.4 Å². The molecular formula is C15H15N7. The average molecular weight is 293 g/mol. The van der Waals surface area contributed by atoms with Crippen LogP contribution in [0.1, 0.15) is 5.56 Å². The van der Waals surface area contributed by atoms with E-state index in [1.165, 1.54) is 0 Å². The van der Waals surface area contributed by atoms with E-state index in [2.05, 4.69) is 20.6 Å². The molecule has 3 rings (SSSR count). The van der Waals surface area contributed by atoms with Crippen LogP contribution in [0.3, 0.4) is 0 Å². The second-order valence-corrected chi connectivity index (χ2v) is 4.83. The number of hydrogen-bond acceptors (Lipinski definition) is 5. The van der Waals surface area contributed by atoms with Gasteiger partial charge in [0.05, 0.1) is 11.0 Å². The molecule has 7 nitrogen and oxygen atoms in total. The van der Waals surface area contributed by atoms with Crippen molar-refractivity contribution in [2.24, 2.45) is 16.1 Å². The van der Waals surface area contributed by atoms with Gasteiger partial charge in [-0.15, -0.1) is 5.10 Å². The highest BCUT2D eigenvalue weighted by atomic mass is 15.3. The van der Waals surface area contributed by atoms with Crippen molar-refractivity contribution in [3.8, 4) is 0 Å². The van der Waals surface area contributed by atoms with Crippen LogP contribution in [-0.2, 0) is 0 Å². The lowest BCUT2D eigenvalue weighted by Crippen LogP contribution is -2.14. The summed E-state index contributed by atoms with van der Waals surface area (Å²) in [6.45, 7) is 0. The number of nitrogens with two attached hydrogens (primary N) is 2. The maximum Gasteiger partial charge on any atom is 0.156 e. The summed E-state index contributed by atoms with van der Waals surface area (Å²) in [6, 6.07) is 11.2. The second-order valence-electron chi connectivity index (χ2n) is 4.83. The van der Waals surface area contributed by atoms with E-state index in [0.29, 0.717) is 11.3 Å². The number of rotatable bonds is 3. The average Bonchev–Trinajstić information content (AvgIpc) is 2.52. The molecule has 0 saturated carbocycles. The molecule has 3 aromatic rings. The van der Waals surface area contributed by atoms with Gasteiger partial charge in [-0.05, 0) is 30.3 Å². The predicted octanol–water partition coefficient (Wildman–Crippen LogP) is 2.66. The molecule has 0 amide bonds. The van der Waals surface area contributed by atoms with Gasteiger partial charge in [0.2, 0.25) is 0 Å². The lowest BCUT2D eigenvalue weighted by Gasteiger charge is -2.11. The molecule has 0 saturated heterocycles. The fourth-order valence-corrected chi connectivity index (χ4v) is 2.50. The zero-order chi connectivity index (χ0) is 15.7. The molecule has 0 unspecified atom stereocenters. The van der Waals surface area contributed by atoms with E-state index >= 15 is 0 Å². The smallest absolute Gasteiger partial charge is 0.156 e. The highest BCUT2D eigenvalue weighted by molar-refractivity contribution is 6.18. The van der Waals surface area contributed by atoms with E-state index in [1.807, 2.05) is 31.3 Å². The lowest BCUT2D eigenvalue weighted by atomic mass is 10.0. The first-order valence-electron chi connectivity index (χ1n) is 6.65. The van der Waals surface area contributed by atoms with Crippen LogP contribution >= 0.6 is 0 Å². The van der Waals surface area contributed by atoms with Gasteiger partial charge in [0.15, 0.2) is 5.84 Å².